The van der Waals surface area contributed by atoms with Crippen LogP contribution in [0.15, 0.2) is 42.9 Å². The second-order valence-electron chi connectivity index (χ2n) is 4.46. The second kappa shape index (κ2) is 7.16. The summed E-state index contributed by atoms with van der Waals surface area (Å²) < 4.78 is 5.66. The van der Waals surface area contributed by atoms with E-state index in [0.717, 1.165) is 5.56 Å². The maximum atomic E-state index is 10.0. The van der Waals surface area contributed by atoms with Gasteiger partial charge in [-0.3, -0.25) is 0 Å². The number of aliphatic hydroxyl groups excluding tert-OH is 3. The van der Waals surface area contributed by atoms with Crippen molar-refractivity contribution in [3.63, 3.8) is 0 Å². The number of H-pyrrole nitrogens is 1. The Balaban J connectivity index is 2.07. The van der Waals surface area contributed by atoms with Gasteiger partial charge in [-0.05, 0) is 5.56 Å². The van der Waals surface area contributed by atoms with Gasteiger partial charge in [0.1, 0.15) is 18.3 Å². The Hall–Kier alpha value is -1.73. The molecule has 0 bridgehead atoms. The van der Waals surface area contributed by atoms with Crippen LogP contribution in [0.2, 0.25) is 0 Å². The first kappa shape index (κ1) is 14.7. The van der Waals surface area contributed by atoms with Crippen LogP contribution in [0, 0.1) is 0 Å². The first-order chi connectivity index (χ1) is 9.72. The highest BCUT2D eigenvalue weighted by Crippen LogP contribution is 2.23. The van der Waals surface area contributed by atoms with Gasteiger partial charge in [0, 0.05) is 0 Å². The Kier molecular flexibility index (Phi) is 5.25. The molecule has 0 fully saturated rings. The predicted molar refractivity (Wildman–Crippen MR) is 71.7 cm³/mol. The van der Waals surface area contributed by atoms with E-state index in [-0.39, 0.29) is 6.61 Å². The maximum absolute atomic E-state index is 10.0. The summed E-state index contributed by atoms with van der Waals surface area (Å²) in [5.74, 6) is 0. The summed E-state index contributed by atoms with van der Waals surface area (Å²) >= 11 is 0. The molecule has 3 atom stereocenters. The van der Waals surface area contributed by atoms with E-state index < -0.39 is 24.9 Å². The monoisotopic (exact) mass is 278 g/mol. The Morgan fingerprint density at radius 2 is 1.95 bits per heavy atom. The van der Waals surface area contributed by atoms with E-state index in [4.69, 9.17) is 9.84 Å². The number of nitrogens with one attached hydrogen (secondary N) is 1. The SMILES string of the molecule is OC[C@@H](O)[C@H](O)[C@@H](OCc1ccccc1)c1cnc[nH]1. The van der Waals surface area contributed by atoms with Crippen molar-refractivity contribution >= 4 is 0 Å². The summed E-state index contributed by atoms with van der Waals surface area (Å²) in [5, 5.41) is 28.6. The summed E-state index contributed by atoms with van der Waals surface area (Å²) in [6, 6.07) is 9.49. The number of imidazole rings is 1. The average Bonchev–Trinajstić information content (AvgIpc) is 3.01. The molecule has 4 N–H and O–H groups in total. The highest BCUT2D eigenvalue weighted by atomic mass is 16.5. The summed E-state index contributed by atoms with van der Waals surface area (Å²) in [6.45, 7) is -0.264. The molecule has 0 aliphatic rings. The zero-order valence-corrected chi connectivity index (χ0v) is 10.9. The van der Waals surface area contributed by atoms with Gasteiger partial charge in [-0.25, -0.2) is 4.98 Å². The van der Waals surface area contributed by atoms with Gasteiger partial charge in [0.2, 0.25) is 0 Å². The van der Waals surface area contributed by atoms with Crippen LogP contribution >= 0.6 is 0 Å². The van der Waals surface area contributed by atoms with Crippen molar-refractivity contribution in [3.8, 4) is 0 Å². The molecule has 0 unspecified atom stereocenters. The predicted octanol–water partition coefficient (Wildman–Crippen LogP) is 0.382. The maximum Gasteiger partial charge on any atom is 0.128 e. The molecule has 0 aliphatic carbocycles. The number of benzene rings is 1. The fourth-order valence-corrected chi connectivity index (χ4v) is 1.86. The van der Waals surface area contributed by atoms with Crippen molar-refractivity contribution in [3.05, 3.63) is 54.1 Å². The third-order valence-electron chi connectivity index (χ3n) is 2.99. The highest BCUT2D eigenvalue weighted by molar-refractivity contribution is 5.14. The van der Waals surface area contributed by atoms with E-state index in [2.05, 4.69) is 9.97 Å². The first-order valence-electron chi connectivity index (χ1n) is 6.33. The molecule has 1 heterocycles. The van der Waals surface area contributed by atoms with Gasteiger partial charge in [-0.2, -0.15) is 0 Å². The molecule has 108 valence electrons. The lowest BCUT2D eigenvalue weighted by molar-refractivity contribution is -0.110. The van der Waals surface area contributed by atoms with Crippen LogP contribution in [0.4, 0.5) is 0 Å². The minimum Gasteiger partial charge on any atom is -0.394 e. The number of rotatable bonds is 7. The first-order valence-corrected chi connectivity index (χ1v) is 6.33. The van der Waals surface area contributed by atoms with E-state index >= 15 is 0 Å². The van der Waals surface area contributed by atoms with Crippen molar-refractivity contribution in [1.29, 1.82) is 0 Å². The Morgan fingerprint density at radius 3 is 2.55 bits per heavy atom. The van der Waals surface area contributed by atoms with Crippen LogP contribution in [-0.4, -0.2) is 44.1 Å². The minimum absolute atomic E-state index is 0.278. The molecule has 0 saturated carbocycles. The highest BCUT2D eigenvalue weighted by Gasteiger charge is 2.29. The Bertz CT molecular complexity index is 489. The summed E-state index contributed by atoms with van der Waals surface area (Å²) in [5.41, 5.74) is 1.49. The number of aromatic amines is 1. The molecule has 0 radical (unpaired) electrons. The molecule has 0 aliphatic heterocycles. The third-order valence-corrected chi connectivity index (χ3v) is 2.99. The number of hydrogen-bond acceptors (Lipinski definition) is 5. The van der Waals surface area contributed by atoms with Crippen LogP contribution in [0.1, 0.15) is 17.4 Å². The molecule has 0 amide bonds. The molecule has 0 spiro atoms. The number of aliphatic hydroxyl groups is 3. The van der Waals surface area contributed by atoms with E-state index in [1.54, 1.807) is 0 Å². The van der Waals surface area contributed by atoms with Gasteiger partial charge in [-0.1, -0.05) is 30.3 Å². The van der Waals surface area contributed by atoms with Gasteiger partial charge < -0.3 is 25.0 Å². The molecule has 6 nitrogen and oxygen atoms in total. The van der Waals surface area contributed by atoms with Crippen LogP contribution in [-0.2, 0) is 11.3 Å². The molecule has 20 heavy (non-hydrogen) atoms. The fraction of sp³-hybridized carbons (Fsp3) is 0.357. The number of ether oxygens (including phenoxy) is 1. The van der Waals surface area contributed by atoms with Gasteiger partial charge in [0.05, 0.1) is 31.4 Å². The number of hydrogen-bond donors (Lipinski definition) is 4. The van der Waals surface area contributed by atoms with Gasteiger partial charge >= 0.3 is 0 Å². The molecule has 2 rings (SSSR count). The molecule has 6 heteroatoms. The molecule has 2 aromatic rings. The standard InChI is InChI=1S/C14H18N2O4/c17-7-12(18)13(19)14(11-6-15-9-16-11)20-8-10-4-2-1-3-5-10/h1-6,9,12-14,17-19H,7-8H2,(H,15,16)/t12-,13+,14+/m1/s1. The summed E-state index contributed by atoms with van der Waals surface area (Å²) in [7, 11) is 0. The van der Waals surface area contributed by atoms with Gasteiger partial charge in [-0.15, -0.1) is 0 Å². The summed E-state index contributed by atoms with van der Waals surface area (Å²) in [6.07, 6.45) is -0.335. The molecule has 1 aromatic heterocycles. The second-order valence-corrected chi connectivity index (χ2v) is 4.46. The van der Waals surface area contributed by atoms with Crippen molar-refractivity contribution in [2.75, 3.05) is 6.61 Å². The Morgan fingerprint density at radius 1 is 1.20 bits per heavy atom. The lowest BCUT2D eigenvalue weighted by atomic mass is 10.1. The molecular weight excluding hydrogens is 260 g/mol. The van der Waals surface area contributed by atoms with Gasteiger partial charge in [0.15, 0.2) is 0 Å². The van der Waals surface area contributed by atoms with Crippen molar-refractivity contribution < 1.29 is 20.1 Å². The molecular formula is C14H18N2O4. The van der Waals surface area contributed by atoms with E-state index in [1.807, 2.05) is 30.3 Å². The topological polar surface area (TPSA) is 98.6 Å². The number of nitrogens with zero attached hydrogens (tertiary/aromatic N) is 1. The third kappa shape index (κ3) is 3.64. The lowest BCUT2D eigenvalue weighted by Gasteiger charge is -2.25. The fourth-order valence-electron chi connectivity index (χ4n) is 1.86. The van der Waals surface area contributed by atoms with Crippen molar-refractivity contribution in [2.45, 2.75) is 24.9 Å². The van der Waals surface area contributed by atoms with Crippen molar-refractivity contribution in [2.24, 2.45) is 0 Å². The average molecular weight is 278 g/mol. The summed E-state index contributed by atoms with van der Waals surface area (Å²) in [4.78, 5) is 6.72. The van der Waals surface area contributed by atoms with E-state index in [0.29, 0.717) is 5.69 Å². The van der Waals surface area contributed by atoms with Crippen molar-refractivity contribution in [1.82, 2.24) is 9.97 Å². The Labute approximate surface area is 116 Å². The zero-order chi connectivity index (χ0) is 14.4. The van der Waals surface area contributed by atoms with Crippen LogP contribution in [0.5, 0.6) is 0 Å². The van der Waals surface area contributed by atoms with E-state index in [1.165, 1.54) is 12.5 Å². The molecule has 1 aromatic carbocycles. The normalized spacial score (nSPS) is 15.8. The van der Waals surface area contributed by atoms with Crippen LogP contribution < -0.4 is 0 Å². The van der Waals surface area contributed by atoms with Crippen LogP contribution in [0.3, 0.4) is 0 Å². The lowest BCUT2D eigenvalue weighted by Crippen LogP contribution is -2.36. The largest absolute Gasteiger partial charge is 0.394 e. The molecule has 0 saturated heterocycles. The van der Waals surface area contributed by atoms with Gasteiger partial charge in [0.25, 0.3) is 0 Å². The minimum atomic E-state index is -1.28. The zero-order valence-electron chi connectivity index (χ0n) is 10.9. The smallest absolute Gasteiger partial charge is 0.128 e. The number of aromatic nitrogens is 2. The van der Waals surface area contributed by atoms with Crippen LogP contribution in [0.25, 0.3) is 0 Å². The quantitative estimate of drug-likeness (QED) is 0.587. The van der Waals surface area contributed by atoms with E-state index in [9.17, 15) is 10.2 Å².